The number of rotatable bonds is 2. The van der Waals surface area contributed by atoms with Crippen molar-refractivity contribution in [3.05, 3.63) is 77.0 Å². The first-order valence-electron chi connectivity index (χ1n) is 9.39. The summed E-state index contributed by atoms with van der Waals surface area (Å²) in [4.78, 5) is 19.0. The van der Waals surface area contributed by atoms with Crippen LogP contribution in [0.25, 0.3) is 10.9 Å². The van der Waals surface area contributed by atoms with Crippen LogP contribution in [0.4, 0.5) is 0 Å². The summed E-state index contributed by atoms with van der Waals surface area (Å²) in [6.45, 7) is 2.84. The van der Waals surface area contributed by atoms with Gasteiger partial charge in [0.05, 0.1) is 28.3 Å². The molecule has 0 unspecified atom stereocenters. The third-order valence-corrected chi connectivity index (χ3v) is 5.52. The number of pyridine rings is 1. The Morgan fingerprint density at radius 1 is 1.14 bits per heavy atom. The second kappa shape index (κ2) is 7.06. The predicted octanol–water partition coefficient (Wildman–Crippen LogP) is 3.54. The smallest absolute Gasteiger partial charge is 0.255 e. The molecule has 0 radical (unpaired) electrons. The van der Waals surface area contributed by atoms with E-state index < -0.39 is 5.60 Å². The monoisotopic (exact) mass is 371 g/mol. The molecule has 1 aliphatic rings. The lowest BCUT2D eigenvalue weighted by Gasteiger charge is -2.38. The zero-order valence-electron chi connectivity index (χ0n) is 15.7. The van der Waals surface area contributed by atoms with Gasteiger partial charge in [0.2, 0.25) is 0 Å². The molecule has 1 fully saturated rings. The van der Waals surface area contributed by atoms with Crippen molar-refractivity contribution in [3.8, 4) is 6.07 Å². The Kier molecular flexibility index (Phi) is 4.58. The van der Waals surface area contributed by atoms with E-state index in [1.54, 1.807) is 29.2 Å². The molecule has 5 heteroatoms. The van der Waals surface area contributed by atoms with Crippen molar-refractivity contribution in [2.45, 2.75) is 25.4 Å². The van der Waals surface area contributed by atoms with E-state index in [-0.39, 0.29) is 5.91 Å². The Balaban J connectivity index is 1.54. The van der Waals surface area contributed by atoms with Crippen LogP contribution in [-0.2, 0) is 5.60 Å². The number of aryl methyl sites for hydroxylation is 1. The summed E-state index contributed by atoms with van der Waals surface area (Å²) in [6, 6.07) is 18.8. The molecule has 0 atom stereocenters. The van der Waals surface area contributed by atoms with Crippen molar-refractivity contribution in [2.75, 3.05) is 13.1 Å². The molecule has 2 aromatic carbocycles. The van der Waals surface area contributed by atoms with Crippen LogP contribution in [-0.4, -0.2) is 34.0 Å². The molecule has 5 nitrogen and oxygen atoms in total. The van der Waals surface area contributed by atoms with Gasteiger partial charge in [-0.1, -0.05) is 24.3 Å². The first-order valence-corrected chi connectivity index (χ1v) is 9.39. The average Bonchev–Trinajstić information content (AvgIpc) is 2.73. The van der Waals surface area contributed by atoms with Crippen LogP contribution in [0.5, 0.6) is 0 Å². The van der Waals surface area contributed by atoms with Gasteiger partial charge in [0, 0.05) is 24.2 Å². The van der Waals surface area contributed by atoms with Gasteiger partial charge in [-0.05, 0) is 55.7 Å². The number of benzene rings is 2. The van der Waals surface area contributed by atoms with Crippen molar-refractivity contribution in [3.63, 3.8) is 0 Å². The predicted molar refractivity (Wildman–Crippen MR) is 107 cm³/mol. The summed E-state index contributed by atoms with van der Waals surface area (Å²) in [7, 11) is 0. The Morgan fingerprint density at radius 3 is 2.64 bits per heavy atom. The van der Waals surface area contributed by atoms with Crippen LogP contribution in [0, 0.1) is 18.3 Å². The Morgan fingerprint density at radius 2 is 1.89 bits per heavy atom. The van der Waals surface area contributed by atoms with E-state index in [2.05, 4.69) is 11.1 Å². The normalized spacial score (nSPS) is 16.0. The summed E-state index contributed by atoms with van der Waals surface area (Å²) in [5.74, 6) is -0.155. The molecule has 1 saturated heterocycles. The Bertz CT molecular complexity index is 1090. The van der Waals surface area contributed by atoms with Crippen molar-refractivity contribution in [1.82, 2.24) is 9.88 Å². The zero-order chi connectivity index (χ0) is 19.7. The topological polar surface area (TPSA) is 77.2 Å². The molecular weight excluding hydrogens is 350 g/mol. The van der Waals surface area contributed by atoms with Gasteiger partial charge in [-0.25, -0.2) is 0 Å². The number of hydrogen-bond acceptors (Lipinski definition) is 4. The number of carbonyl (C=O) groups is 1. The van der Waals surface area contributed by atoms with Gasteiger partial charge < -0.3 is 10.0 Å². The van der Waals surface area contributed by atoms with E-state index in [1.807, 2.05) is 37.3 Å². The highest BCUT2D eigenvalue weighted by Crippen LogP contribution is 2.34. The summed E-state index contributed by atoms with van der Waals surface area (Å²) in [6.07, 6.45) is 0.913. The van der Waals surface area contributed by atoms with Crippen molar-refractivity contribution in [1.29, 1.82) is 5.26 Å². The molecule has 0 saturated carbocycles. The van der Waals surface area contributed by atoms with Gasteiger partial charge in [0.25, 0.3) is 5.91 Å². The molecule has 1 amide bonds. The standard InChI is InChI=1S/C23H21N3O2/c1-16-6-7-17-14-19(8-9-21(17)25-16)23(28)10-12-26(13-11-23)22(27)20-5-3-2-4-18(20)15-24/h2-9,14,28H,10-13H2,1H3. The fourth-order valence-corrected chi connectivity index (χ4v) is 3.82. The lowest BCUT2D eigenvalue weighted by Crippen LogP contribution is -2.45. The van der Waals surface area contributed by atoms with Crippen LogP contribution in [0.3, 0.4) is 0 Å². The van der Waals surface area contributed by atoms with Crippen LogP contribution in [0.1, 0.15) is 40.0 Å². The molecule has 2 heterocycles. The molecule has 1 aliphatic heterocycles. The number of fused-ring (bicyclic) bond motifs is 1. The van der Waals surface area contributed by atoms with E-state index in [0.29, 0.717) is 37.1 Å². The third-order valence-electron chi connectivity index (χ3n) is 5.52. The maximum absolute atomic E-state index is 12.8. The number of aromatic nitrogens is 1. The molecule has 3 aromatic rings. The number of amides is 1. The summed E-state index contributed by atoms with van der Waals surface area (Å²) in [5.41, 5.74) is 2.56. The second-order valence-corrected chi connectivity index (χ2v) is 7.34. The van der Waals surface area contributed by atoms with Gasteiger partial charge in [-0.3, -0.25) is 9.78 Å². The first-order chi connectivity index (χ1) is 13.5. The van der Waals surface area contributed by atoms with E-state index >= 15 is 0 Å². The quantitative estimate of drug-likeness (QED) is 0.747. The summed E-state index contributed by atoms with van der Waals surface area (Å²) in [5, 5.41) is 21.5. The fraction of sp³-hybridized carbons (Fsp3) is 0.261. The molecule has 1 N–H and O–H groups in total. The highest BCUT2D eigenvalue weighted by atomic mass is 16.3. The van der Waals surface area contributed by atoms with Gasteiger partial charge >= 0.3 is 0 Å². The number of carbonyl (C=O) groups excluding carboxylic acids is 1. The zero-order valence-corrected chi connectivity index (χ0v) is 15.7. The molecule has 0 aliphatic carbocycles. The molecule has 28 heavy (non-hydrogen) atoms. The fourth-order valence-electron chi connectivity index (χ4n) is 3.82. The van der Waals surface area contributed by atoms with E-state index in [0.717, 1.165) is 22.2 Å². The SMILES string of the molecule is Cc1ccc2cc(C3(O)CCN(C(=O)c4ccccc4C#N)CC3)ccc2n1. The summed E-state index contributed by atoms with van der Waals surface area (Å²) < 4.78 is 0. The van der Waals surface area contributed by atoms with Crippen molar-refractivity contribution >= 4 is 16.8 Å². The number of likely N-dealkylation sites (tertiary alicyclic amines) is 1. The molecule has 0 bridgehead atoms. The molecule has 4 rings (SSSR count). The lowest BCUT2D eigenvalue weighted by atomic mass is 9.83. The van der Waals surface area contributed by atoms with Crippen molar-refractivity contribution in [2.24, 2.45) is 0 Å². The number of piperidine rings is 1. The van der Waals surface area contributed by atoms with Gasteiger partial charge in [-0.15, -0.1) is 0 Å². The Labute approximate surface area is 163 Å². The van der Waals surface area contributed by atoms with E-state index in [4.69, 9.17) is 0 Å². The third kappa shape index (κ3) is 3.23. The summed E-state index contributed by atoms with van der Waals surface area (Å²) >= 11 is 0. The number of nitriles is 1. The number of nitrogens with zero attached hydrogens (tertiary/aromatic N) is 3. The highest BCUT2D eigenvalue weighted by molar-refractivity contribution is 5.96. The minimum atomic E-state index is -0.968. The van der Waals surface area contributed by atoms with Gasteiger partial charge in [-0.2, -0.15) is 5.26 Å². The molecule has 0 spiro atoms. The van der Waals surface area contributed by atoms with Crippen molar-refractivity contribution < 1.29 is 9.90 Å². The minimum absolute atomic E-state index is 0.155. The van der Waals surface area contributed by atoms with E-state index in [9.17, 15) is 15.2 Å². The van der Waals surface area contributed by atoms with Crippen LogP contribution in [0.2, 0.25) is 0 Å². The van der Waals surface area contributed by atoms with E-state index in [1.165, 1.54) is 0 Å². The average molecular weight is 371 g/mol. The number of aliphatic hydroxyl groups is 1. The molecule has 1 aromatic heterocycles. The molecular formula is C23H21N3O2. The molecule has 140 valence electrons. The number of hydrogen-bond donors (Lipinski definition) is 1. The largest absolute Gasteiger partial charge is 0.385 e. The van der Waals surface area contributed by atoms with Crippen LogP contribution >= 0.6 is 0 Å². The maximum atomic E-state index is 12.8. The Hall–Kier alpha value is -3.23. The van der Waals surface area contributed by atoms with Crippen LogP contribution in [0.15, 0.2) is 54.6 Å². The highest BCUT2D eigenvalue weighted by Gasteiger charge is 2.36. The van der Waals surface area contributed by atoms with Gasteiger partial charge in [0.1, 0.15) is 0 Å². The first kappa shape index (κ1) is 18.1. The minimum Gasteiger partial charge on any atom is -0.385 e. The van der Waals surface area contributed by atoms with Crippen LogP contribution < -0.4 is 0 Å². The lowest BCUT2D eigenvalue weighted by molar-refractivity contribution is -0.0210. The van der Waals surface area contributed by atoms with Gasteiger partial charge in [0.15, 0.2) is 0 Å². The second-order valence-electron chi connectivity index (χ2n) is 7.34. The maximum Gasteiger partial charge on any atom is 0.255 e.